The van der Waals surface area contributed by atoms with E-state index in [1.54, 1.807) is 0 Å². The highest BCUT2D eigenvalue weighted by atomic mass is 17.1. The van der Waals surface area contributed by atoms with Gasteiger partial charge in [-0.05, 0) is 100 Å². The summed E-state index contributed by atoms with van der Waals surface area (Å²) in [6, 6.07) is -2.34. The van der Waals surface area contributed by atoms with Crippen LogP contribution in [0.5, 0.6) is 0 Å². The standard InChI is InChI=1S/C33H52N2O12/c1-3-20-16-18(11-13-22(20)30(47-45)28-23(31(36)37)7-5-9-25(28)34(41)42)15-19-12-14-27(21(4-2)17-19)46-33(40)29-24(32(38)39)8-6-10-26(29)35(43)44/h18-30,45H,3-17H2,1-2H3,(H,36,37)(H,38,39). The zero-order valence-corrected chi connectivity index (χ0v) is 27.5. The molecule has 0 spiro atoms. The molecule has 47 heavy (non-hydrogen) atoms. The van der Waals surface area contributed by atoms with E-state index in [4.69, 9.17) is 9.62 Å². The average molecular weight is 669 g/mol. The van der Waals surface area contributed by atoms with E-state index >= 15 is 0 Å². The number of carboxylic acids is 2. The van der Waals surface area contributed by atoms with Gasteiger partial charge in [0.15, 0.2) is 0 Å². The van der Waals surface area contributed by atoms with Crippen molar-refractivity contribution >= 4 is 17.9 Å². The third-order valence-electron chi connectivity index (χ3n) is 12.3. The Morgan fingerprint density at radius 2 is 1.32 bits per heavy atom. The highest BCUT2D eigenvalue weighted by Gasteiger charge is 2.53. The molecule has 14 nitrogen and oxygen atoms in total. The number of nitro groups is 2. The molecule has 4 aliphatic rings. The minimum absolute atomic E-state index is 0.0578. The zero-order chi connectivity index (χ0) is 34.4. The first kappa shape index (κ1) is 37.0. The number of aliphatic carboxylic acids is 2. The van der Waals surface area contributed by atoms with Crippen molar-refractivity contribution in [3.63, 3.8) is 0 Å². The number of esters is 1. The maximum atomic E-state index is 13.3. The largest absolute Gasteiger partial charge is 0.481 e. The van der Waals surface area contributed by atoms with E-state index in [1.165, 1.54) is 0 Å². The molecule has 3 N–H and O–H groups in total. The quantitative estimate of drug-likeness (QED) is 0.0931. The summed E-state index contributed by atoms with van der Waals surface area (Å²) in [5, 5.41) is 53.3. The topological polar surface area (TPSA) is 217 Å². The number of nitrogens with zero attached hydrogens (tertiary/aromatic N) is 2. The van der Waals surface area contributed by atoms with Crippen molar-refractivity contribution < 1.29 is 49.3 Å². The summed E-state index contributed by atoms with van der Waals surface area (Å²) in [6.07, 6.45) is 7.54. The molecule has 0 bridgehead atoms. The Bertz CT molecular complexity index is 1090. The molecule has 0 aliphatic heterocycles. The minimum Gasteiger partial charge on any atom is -0.481 e. The summed E-state index contributed by atoms with van der Waals surface area (Å²) in [5.41, 5.74) is 0. The fourth-order valence-electron chi connectivity index (χ4n) is 9.96. The monoisotopic (exact) mass is 668 g/mol. The first-order chi connectivity index (χ1) is 22.4. The molecule has 13 atom stereocenters. The number of carboxylic acid groups (broad SMARTS) is 2. The van der Waals surface area contributed by atoms with Gasteiger partial charge in [0.05, 0.1) is 17.8 Å². The van der Waals surface area contributed by atoms with Crippen LogP contribution in [0.15, 0.2) is 0 Å². The van der Waals surface area contributed by atoms with Crippen molar-refractivity contribution in [2.75, 3.05) is 0 Å². The van der Waals surface area contributed by atoms with Gasteiger partial charge in [-0.15, -0.1) is 0 Å². The average Bonchev–Trinajstić information content (AvgIpc) is 3.05. The van der Waals surface area contributed by atoms with Gasteiger partial charge in [0.1, 0.15) is 18.1 Å². The molecular formula is C33H52N2O12. The highest BCUT2D eigenvalue weighted by molar-refractivity contribution is 5.82. The number of ether oxygens (including phenoxy) is 1. The summed E-state index contributed by atoms with van der Waals surface area (Å²) in [7, 11) is 0. The van der Waals surface area contributed by atoms with Crippen LogP contribution in [0.2, 0.25) is 0 Å². The smallest absolute Gasteiger partial charge is 0.317 e. The third kappa shape index (κ3) is 8.41. The van der Waals surface area contributed by atoms with Gasteiger partial charge >= 0.3 is 17.9 Å². The van der Waals surface area contributed by atoms with Crippen molar-refractivity contribution in [2.24, 2.45) is 53.3 Å². The SMILES string of the molecule is CCC1CC(CC2CCC(C(OO)C3C(C(=O)O)CCCC3[N+](=O)[O-])C(CC)C2)CCC1OC(=O)C1C(C(=O)O)CCCC1[N+](=O)[O-]. The Labute approximate surface area is 275 Å². The third-order valence-corrected chi connectivity index (χ3v) is 12.3. The molecule has 0 amide bonds. The molecule has 14 heteroatoms. The van der Waals surface area contributed by atoms with E-state index in [2.05, 4.69) is 0 Å². The molecule has 13 unspecified atom stereocenters. The van der Waals surface area contributed by atoms with E-state index in [0.717, 1.165) is 44.9 Å². The van der Waals surface area contributed by atoms with Gasteiger partial charge in [0.25, 0.3) is 0 Å². The molecule has 0 heterocycles. The van der Waals surface area contributed by atoms with Crippen LogP contribution in [0, 0.1) is 73.5 Å². The summed E-state index contributed by atoms with van der Waals surface area (Å²) in [4.78, 5) is 65.0. The molecule has 266 valence electrons. The molecule has 0 saturated heterocycles. The lowest BCUT2D eigenvalue weighted by atomic mass is 9.62. The van der Waals surface area contributed by atoms with Gasteiger partial charge in [-0.2, -0.15) is 0 Å². The summed E-state index contributed by atoms with van der Waals surface area (Å²) in [5.74, 6) is -6.59. The fraction of sp³-hybridized carbons (Fsp3) is 0.909. The van der Waals surface area contributed by atoms with E-state index < -0.39 is 75.7 Å². The second-order valence-electron chi connectivity index (χ2n) is 14.7. The number of hydrogen-bond donors (Lipinski definition) is 3. The van der Waals surface area contributed by atoms with Crippen LogP contribution in [0.3, 0.4) is 0 Å². The maximum Gasteiger partial charge on any atom is 0.317 e. The second-order valence-corrected chi connectivity index (χ2v) is 14.7. The van der Waals surface area contributed by atoms with Crippen molar-refractivity contribution in [2.45, 2.75) is 134 Å². The van der Waals surface area contributed by atoms with Gasteiger partial charge < -0.3 is 14.9 Å². The van der Waals surface area contributed by atoms with Crippen LogP contribution in [-0.2, 0) is 24.0 Å². The number of hydrogen-bond acceptors (Lipinski definition) is 10. The molecule has 0 radical (unpaired) electrons. The van der Waals surface area contributed by atoms with Crippen LogP contribution >= 0.6 is 0 Å². The summed E-state index contributed by atoms with van der Waals surface area (Å²) >= 11 is 0. The van der Waals surface area contributed by atoms with Crippen molar-refractivity contribution in [3.05, 3.63) is 20.2 Å². The predicted molar refractivity (Wildman–Crippen MR) is 166 cm³/mol. The van der Waals surface area contributed by atoms with Crippen molar-refractivity contribution in [3.8, 4) is 0 Å². The fourth-order valence-corrected chi connectivity index (χ4v) is 9.96. The Hall–Kier alpha value is -2.87. The van der Waals surface area contributed by atoms with Crippen molar-refractivity contribution in [1.82, 2.24) is 0 Å². The predicted octanol–water partition coefficient (Wildman–Crippen LogP) is 5.71. The Balaban J connectivity index is 1.37. The molecular weight excluding hydrogens is 616 g/mol. The normalized spacial score (nSPS) is 38.5. The van der Waals surface area contributed by atoms with E-state index in [9.17, 15) is 50.1 Å². The number of carbonyl (C=O) groups excluding carboxylic acids is 1. The van der Waals surface area contributed by atoms with Crippen LogP contribution in [0.1, 0.15) is 110 Å². The molecule has 0 aromatic carbocycles. The van der Waals surface area contributed by atoms with E-state index in [0.29, 0.717) is 43.9 Å². The van der Waals surface area contributed by atoms with Crippen LogP contribution < -0.4 is 0 Å². The summed E-state index contributed by atoms with van der Waals surface area (Å²) < 4.78 is 5.90. The first-order valence-electron chi connectivity index (χ1n) is 17.6. The van der Waals surface area contributed by atoms with E-state index in [-0.39, 0.29) is 37.0 Å². The van der Waals surface area contributed by atoms with Gasteiger partial charge in [-0.1, -0.05) is 26.7 Å². The van der Waals surface area contributed by atoms with Gasteiger partial charge in [0, 0.05) is 22.7 Å². The van der Waals surface area contributed by atoms with E-state index in [1.807, 2.05) is 13.8 Å². The molecule has 4 aliphatic carbocycles. The van der Waals surface area contributed by atoms with Gasteiger partial charge in [-0.3, -0.25) is 39.9 Å². The maximum absolute atomic E-state index is 13.3. The van der Waals surface area contributed by atoms with Crippen LogP contribution in [-0.4, -0.2) is 67.5 Å². The lowest BCUT2D eigenvalue weighted by Crippen LogP contribution is -2.52. The highest BCUT2D eigenvalue weighted by Crippen LogP contribution is 2.48. The molecule has 4 fully saturated rings. The van der Waals surface area contributed by atoms with Crippen LogP contribution in [0.4, 0.5) is 0 Å². The van der Waals surface area contributed by atoms with Gasteiger partial charge in [-0.25, -0.2) is 4.89 Å². The summed E-state index contributed by atoms with van der Waals surface area (Å²) in [6.45, 7) is 4.07. The Kier molecular flexibility index (Phi) is 13.0. The van der Waals surface area contributed by atoms with Crippen molar-refractivity contribution in [1.29, 1.82) is 0 Å². The van der Waals surface area contributed by atoms with Crippen LogP contribution in [0.25, 0.3) is 0 Å². The lowest BCUT2D eigenvalue weighted by Gasteiger charge is -2.45. The minimum atomic E-state index is -1.29. The molecule has 4 saturated carbocycles. The second kappa shape index (κ2) is 16.5. The zero-order valence-electron chi connectivity index (χ0n) is 27.5. The number of rotatable bonds is 13. The lowest BCUT2D eigenvalue weighted by molar-refractivity contribution is -0.544. The molecule has 4 rings (SSSR count). The molecule has 0 aromatic rings. The Morgan fingerprint density at radius 1 is 0.766 bits per heavy atom. The molecule has 0 aromatic heterocycles. The van der Waals surface area contributed by atoms with Gasteiger partial charge in [0.2, 0.25) is 12.1 Å². The first-order valence-corrected chi connectivity index (χ1v) is 17.6. The Morgan fingerprint density at radius 3 is 1.87 bits per heavy atom. The number of carbonyl (C=O) groups is 3.